The largest absolute Gasteiger partial charge is 0.479 e. The van der Waals surface area contributed by atoms with Crippen LogP contribution >= 0.6 is 0 Å². The number of carboxylic acid groups (broad SMARTS) is 1. The minimum atomic E-state index is -1.55. The summed E-state index contributed by atoms with van der Waals surface area (Å²) < 4.78 is 5.17. The van der Waals surface area contributed by atoms with E-state index in [0.717, 1.165) is 11.1 Å². The fourth-order valence-corrected chi connectivity index (χ4v) is 2.97. The van der Waals surface area contributed by atoms with E-state index in [2.05, 4.69) is 5.32 Å². The zero-order valence-corrected chi connectivity index (χ0v) is 15.9. The van der Waals surface area contributed by atoms with Gasteiger partial charge >= 0.3 is 12.1 Å². The van der Waals surface area contributed by atoms with Crippen molar-refractivity contribution in [1.29, 1.82) is 0 Å². The standard InChI is InChI=1S/C19H26N2O5/c1-12-7-6-8-14(13(12)2)15(22)21-10-9-19(11-21,16(23)24)20-17(25)26-18(3,4)5/h6-8H,9-11H2,1-5H3,(H,20,25)(H,23,24). The van der Waals surface area contributed by atoms with Gasteiger partial charge in [0.1, 0.15) is 5.60 Å². The van der Waals surface area contributed by atoms with Gasteiger partial charge in [0.05, 0.1) is 6.54 Å². The second-order valence-electron chi connectivity index (χ2n) is 7.74. The predicted octanol–water partition coefficient (Wildman–Crippen LogP) is 2.50. The highest BCUT2D eigenvalue weighted by atomic mass is 16.6. The summed E-state index contributed by atoms with van der Waals surface area (Å²) in [7, 11) is 0. The lowest BCUT2D eigenvalue weighted by atomic mass is 9.99. The van der Waals surface area contributed by atoms with Crippen LogP contribution in [0.1, 0.15) is 48.7 Å². The van der Waals surface area contributed by atoms with Gasteiger partial charge in [0, 0.05) is 18.5 Å². The van der Waals surface area contributed by atoms with Crippen LogP contribution in [0.25, 0.3) is 0 Å². The van der Waals surface area contributed by atoms with E-state index in [1.807, 2.05) is 19.9 Å². The molecule has 1 saturated heterocycles. The number of nitrogens with zero attached hydrogens (tertiary/aromatic N) is 1. The smallest absolute Gasteiger partial charge is 0.408 e. The molecule has 0 bridgehead atoms. The number of carbonyl (C=O) groups is 3. The van der Waals surface area contributed by atoms with E-state index in [1.165, 1.54) is 4.90 Å². The van der Waals surface area contributed by atoms with Gasteiger partial charge in [-0.15, -0.1) is 0 Å². The number of nitrogens with one attached hydrogen (secondary N) is 1. The molecule has 7 nitrogen and oxygen atoms in total. The molecule has 7 heteroatoms. The lowest BCUT2D eigenvalue weighted by Crippen LogP contribution is -2.57. The molecule has 1 atom stereocenters. The van der Waals surface area contributed by atoms with Crippen LogP contribution in [0.4, 0.5) is 4.79 Å². The third-order valence-electron chi connectivity index (χ3n) is 4.54. The Morgan fingerprint density at radius 3 is 2.46 bits per heavy atom. The predicted molar refractivity (Wildman–Crippen MR) is 96.2 cm³/mol. The number of benzene rings is 1. The van der Waals surface area contributed by atoms with Crippen LogP contribution in [-0.4, -0.2) is 52.2 Å². The number of hydrogen-bond donors (Lipinski definition) is 2. The fraction of sp³-hybridized carbons (Fsp3) is 0.526. The molecule has 0 spiro atoms. The number of hydrogen-bond acceptors (Lipinski definition) is 4. The second-order valence-corrected chi connectivity index (χ2v) is 7.74. The van der Waals surface area contributed by atoms with E-state index in [1.54, 1.807) is 32.9 Å². The molecule has 2 N–H and O–H groups in total. The highest BCUT2D eigenvalue weighted by Crippen LogP contribution is 2.26. The summed E-state index contributed by atoms with van der Waals surface area (Å²) in [5, 5.41) is 12.1. The highest BCUT2D eigenvalue weighted by Gasteiger charge is 2.48. The van der Waals surface area contributed by atoms with Crippen LogP contribution in [0.3, 0.4) is 0 Å². The van der Waals surface area contributed by atoms with Crippen molar-refractivity contribution < 1.29 is 24.2 Å². The van der Waals surface area contributed by atoms with Crippen LogP contribution < -0.4 is 5.32 Å². The Labute approximate surface area is 153 Å². The SMILES string of the molecule is Cc1cccc(C(=O)N2CCC(NC(=O)OC(C)(C)C)(C(=O)O)C2)c1C. The van der Waals surface area contributed by atoms with Crippen molar-refractivity contribution in [3.63, 3.8) is 0 Å². The van der Waals surface area contributed by atoms with Crippen LogP contribution in [-0.2, 0) is 9.53 Å². The Hall–Kier alpha value is -2.57. The summed E-state index contributed by atoms with van der Waals surface area (Å²) in [6, 6.07) is 5.45. The van der Waals surface area contributed by atoms with Gasteiger partial charge in [-0.3, -0.25) is 4.79 Å². The lowest BCUT2D eigenvalue weighted by molar-refractivity contribution is -0.144. The molecule has 1 aromatic carbocycles. The van der Waals surface area contributed by atoms with Crippen molar-refractivity contribution in [2.75, 3.05) is 13.1 Å². The zero-order valence-electron chi connectivity index (χ0n) is 15.9. The number of ether oxygens (including phenoxy) is 1. The summed E-state index contributed by atoms with van der Waals surface area (Å²) in [4.78, 5) is 38.2. The van der Waals surface area contributed by atoms with Gasteiger partial charge < -0.3 is 20.1 Å². The molecule has 0 radical (unpaired) electrons. The van der Waals surface area contributed by atoms with Crippen molar-refractivity contribution in [3.05, 3.63) is 34.9 Å². The lowest BCUT2D eigenvalue weighted by Gasteiger charge is -2.28. The van der Waals surface area contributed by atoms with E-state index in [-0.39, 0.29) is 25.4 Å². The third-order valence-corrected chi connectivity index (χ3v) is 4.54. The number of alkyl carbamates (subject to hydrolysis) is 1. The van der Waals surface area contributed by atoms with Crippen LogP contribution in [0.5, 0.6) is 0 Å². The number of amides is 2. The highest BCUT2D eigenvalue weighted by molar-refractivity contribution is 5.97. The number of rotatable bonds is 3. The van der Waals surface area contributed by atoms with Gasteiger partial charge in [-0.05, 0) is 51.8 Å². The molecule has 1 fully saturated rings. The van der Waals surface area contributed by atoms with Gasteiger partial charge in [0.2, 0.25) is 0 Å². The summed E-state index contributed by atoms with van der Waals surface area (Å²) >= 11 is 0. The van der Waals surface area contributed by atoms with E-state index in [4.69, 9.17) is 4.74 Å². The number of aryl methyl sites for hydroxylation is 1. The molecule has 1 heterocycles. The van der Waals surface area contributed by atoms with E-state index < -0.39 is 23.2 Å². The zero-order chi connectivity index (χ0) is 19.7. The first kappa shape index (κ1) is 19.8. The van der Waals surface area contributed by atoms with Gasteiger partial charge in [-0.1, -0.05) is 12.1 Å². The maximum absolute atomic E-state index is 12.8. The monoisotopic (exact) mass is 362 g/mol. The van der Waals surface area contributed by atoms with Crippen LogP contribution in [0, 0.1) is 13.8 Å². The second kappa shape index (κ2) is 6.97. The van der Waals surface area contributed by atoms with Crippen LogP contribution in [0.15, 0.2) is 18.2 Å². The van der Waals surface area contributed by atoms with Gasteiger partial charge in [0.15, 0.2) is 5.54 Å². The topological polar surface area (TPSA) is 95.9 Å². The molecule has 1 aliphatic rings. The quantitative estimate of drug-likeness (QED) is 0.861. The molecule has 0 saturated carbocycles. The molecule has 1 aliphatic heterocycles. The third kappa shape index (κ3) is 4.15. The van der Waals surface area contributed by atoms with Crippen LogP contribution in [0.2, 0.25) is 0 Å². The average molecular weight is 362 g/mol. The molecule has 2 rings (SSSR count). The molecule has 142 valence electrons. The number of likely N-dealkylation sites (tertiary alicyclic amines) is 1. The number of carbonyl (C=O) groups excluding carboxylic acids is 2. The first-order chi connectivity index (χ1) is 11.9. The Balaban J connectivity index is 2.19. The maximum atomic E-state index is 12.8. The van der Waals surface area contributed by atoms with Crippen molar-refractivity contribution in [1.82, 2.24) is 10.2 Å². The normalized spacial score (nSPS) is 20.0. The Morgan fingerprint density at radius 1 is 1.23 bits per heavy atom. The van der Waals surface area contributed by atoms with Crippen molar-refractivity contribution in [2.24, 2.45) is 0 Å². The molecule has 0 aromatic heterocycles. The van der Waals surface area contributed by atoms with E-state index in [0.29, 0.717) is 5.56 Å². The summed E-state index contributed by atoms with van der Waals surface area (Å²) in [5.41, 5.74) is 0.118. The molecule has 1 unspecified atom stereocenters. The first-order valence-electron chi connectivity index (χ1n) is 8.55. The average Bonchev–Trinajstić information content (AvgIpc) is 2.93. The fourth-order valence-electron chi connectivity index (χ4n) is 2.97. The molecular weight excluding hydrogens is 336 g/mol. The molecule has 26 heavy (non-hydrogen) atoms. The Bertz CT molecular complexity index is 738. The summed E-state index contributed by atoms with van der Waals surface area (Å²) in [5.74, 6) is -1.42. The van der Waals surface area contributed by atoms with Gasteiger partial charge in [0.25, 0.3) is 5.91 Å². The number of carboxylic acids is 1. The van der Waals surface area contributed by atoms with Crippen molar-refractivity contribution in [3.8, 4) is 0 Å². The minimum Gasteiger partial charge on any atom is -0.479 e. The van der Waals surface area contributed by atoms with E-state index >= 15 is 0 Å². The Kier molecular flexibility index (Phi) is 5.30. The molecule has 1 aromatic rings. The summed E-state index contributed by atoms with van der Waals surface area (Å²) in [6.45, 7) is 9.02. The van der Waals surface area contributed by atoms with E-state index in [9.17, 15) is 19.5 Å². The number of aliphatic carboxylic acids is 1. The molecule has 0 aliphatic carbocycles. The summed E-state index contributed by atoms with van der Waals surface area (Å²) in [6.07, 6.45) is -0.681. The molecular formula is C19H26N2O5. The van der Waals surface area contributed by atoms with Crippen molar-refractivity contribution in [2.45, 2.75) is 52.2 Å². The Morgan fingerprint density at radius 2 is 1.88 bits per heavy atom. The van der Waals surface area contributed by atoms with Gasteiger partial charge in [-0.25, -0.2) is 9.59 Å². The maximum Gasteiger partial charge on any atom is 0.408 e. The first-order valence-corrected chi connectivity index (χ1v) is 8.55. The molecule has 2 amide bonds. The van der Waals surface area contributed by atoms with Crippen molar-refractivity contribution >= 4 is 18.0 Å². The van der Waals surface area contributed by atoms with Gasteiger partial charge in [-0.2, -0.15) is 0 Å². The minimum absolute atomic E-state index is 0.103.